The van der Waals surface area contributed by atoms with Gasteiger partial charge in [0.1, 0.15) is 17.2 Å². The number of hydrogen-bond acceptors (Lipinski definition) is 6. The minimum atomic E-state index is -0.0384. The van der Waals surface area contributed by atoms with Gasteiger partial charge in [-0.25, -0.2) is 9.97 Å². The third kappa shape index (κ3) is 4.93. The van der Waals surface area contributed by atoms with E-state index in [1.165, 1.54) is 17.3 Å². The molecule has 1 aromatic heterocycles. The van der Waals surface area contributed by atoms with Gasteiger partial charge in [-0.3, -0.25) is 4.79 Å². The van der Waals surface area contributed by atoms with Gasteiger partial charge in [0.05, 0.1) is 19.0 Å². The maximum atomic E-state index is 12.2. The number of aromatic nitrogens is 2. The average molecular weight is 358 g/mol. The lowest BCUT2D eigenvalue weighted by Gasteiger charge is -2.27. The van der Waals surface area contributed by atoms with E-state index in [1.54, 1.807) is 6.33 Å². The third-order valence-corrected chi connectivity index (χ3v) is 4.90. The summed E-state index contributed by atoms with van der Waals surface area (Å²) in [4.78, 5) is 23.0. The lowest BCUT2D eigenvalue weighted by molar-refractivity contribution is -0.113. The Hall–Kier alpha value is -2.12. The van der Waals surface area contributed by atoms with Crippen molar-refractivity contribution in [3.05, 3.63) is 41.7 Å². The first-order valence-corrected chi connectivity index (χ1v) is 9.25. The zero-order valence-corrected chi connectivity index (χ0v) is 15.3. The molecular formula is C18H22N4O2S. The molecule has 25 heavy (non-hydrogen) atoms. The smallest absolute Gasteiger partial charge is 0.234 e. The van der Waals surface area contributed by atoms with Gasteiger partial charge in [-0.1, -0.05) is 29.5 Å². The van der Waals surface area contributed by atoms with Gasteiger partial charge in [-0.15, -0.1) is 0 Å². The lowest BCUT2D eigenvalue weighted by Crippen LogP contribution is -2.36. The Morgan fingerprint density at radius 2 is 2.04 bits per heavy atom. The molecule has 6 nitrogen and oxygen atoms in total. The molecule has 0 saturated carbocycles. The van der Waals surface area contributed by atoms with Crippen LogP contribution >= 0.6 is 11.8 Å². The van der Waals surface area contributed by atoms with Crippen LogP contribution in [0.15, 0.2) is 35.6 Å². The molecule has 132 valence electrons. The van der Waals surface area contributed by atoms with Gasteiger partial charge in [0, 0.05) is 24.8 Å². The molecule has 1 aliphatic heterocycles. The van der Waals surface area contributed by atoms with Crippen LogP contribution in [-0.2, 0) is 9.53 Å². The first kappa shape index (κ1) is 17.7. The Kier molecular flexibility index (Phi) is 5.88. The fraction of sp³-hybridized carbons (Fsp3) is 0.389. The molecule has 7 heteroatoms. The standard InChI is InChI=1S/C18H22N4O2S/c1-13-3-4-15(14(2)9-13)21-17(23)11-25-18-10-16(19-12-20-18)22-5-7-24-8-6-22/h3-4,9-10,12H,5-8,11H2,1-2H3,(H,21,23). The number of nitrogens with zero attached hydrogens (tertiary/aromatic N) is 3. The number of nitrogens with one attached hydrogen (secondary N) is 1. The summed E-state index contributed by atoms with van der Waals surface area (Å²) in [7, 11) is 0. The van der Waals surface area contributed by atoms with Crippen molar-refractivity contribution in [2.24, 2.45) is 0 Å². The minimum Gasteiger partial charge on any atom is -0.378 e. The van der Waals surface area contributed by atoms with Crippen LogP contribution in [0.25, 0.3) is 0 Å². The molecule has 0 atom stereocenters. The largest absolute Gasteiger partial charge is 0.378 e. The van der Waals surface area contributed by atoms with Gasteiger partial charge in [-0.2, -0.15) is 0 Å². The molecule has 1 aromatic carbocycles. The van der Waals surface area contributed by atoms with E-state index in [9.17, 15) is 4.79 Å². The van der Waals surface area contributed by atoms with Crippen LogP contribution in [0.1, 0.15) is 11.1 Å². The number of aryl methyl sites for hydroxylation is 2. The van der Waals surface area contributed by atoms with E-state index in [-0.39, 0.29) is 5.91 Å². The number of morpholine rings is 1. The Morgan fingerprint density at radius 1 is 1.24 bits per heavy atom. The topological polar surface area (TPSA) is 67.4 Å². The van der Waals surface area contributed by atoms with Gasteiger partial charge in [0.25, 0.3) is 0 Å². The number of rotatable bonds is 5. The molecule has 1 saturated heterocycles. The number of benzene rings is 1. The Bertz CT molecular complexity index is 748. The van der Waals surface area contributed by atoms with Gasteiger partial charge in [0.15, 0.2) is 0 Å². The van der Waals surface area contributed by atoms with Crippen LogP contribution in [0, 0.1) is 13.8 Å². The Balaban J connectivity index is 1.56. The number of ether oxygens (including phenoxy) is 1. The maximum Gasteiger partial charge on any atom is 0.234 e. The summed E-state index contributed by atoms with van der Waals surface area (Å²) in [6.45, 7) is 7.11. The predicted octanol–water partition coefficient (Wildman–Crippen LogP) is 2.66. The van der Waals surface area contributed by atoms with Gasteiger partial charge in [-0.05, 0) is 25.5 Å². The summed E-state index contributed by atoms with van der Waals surface area (Å²) in [5.74, 6) is 1.16. The highest BCUT2D eigenvalue weighted by Crippen LogP contribution is 2.21. The van der Waals surface area contributed by atoms with Crippen molar-refractivity contribution in [3.8, 4) is 0 Å². The number of thioether (sulfide) groups is 1. The summed E-state index contributed by atoms with van der Waals surface area (Å²) in [6, 6.07) is 7.92. The zero-order valence-electron chi connectivity index (χ0n) is 14.5. The SMILES string of the molecule is Cc1ccc(NC(=O)CSc2cc(N3CCOCC3)ncn2)c(C)c1. The maximum absolute atomic E-state index is 12.2. The van der Waals surface area contributed by atoms with E-state index in [2.05, 4.69) is 26.3 Å². The van der Waals surface area contributed by atoms with Crippen molar-refractivity contribution in [1.29, 1.82) is 0 Å². The molecule has 3 rings (SSSR count). The molecule has 0 unspecified atom stereocenters. The van der Waals surface area contributed by atoms with E-state index < -0.39 is 0 Å². The summed E-state index contributed by atoms with van der Waals surface area (Å²) >= 11 is 1.41. The summed E-state index contributed by atoms with van der Waals surface area (Å²) in [6.07, 6.45) is 1.55. The summed E-state index contributed by atoms with van der Waals surface area (Å²) < 4.78 is 5.36. The molecule has 0 aliphatic carbocycles. The highest BCUT2D eigenvalue weighted by atomic mass is 32.2. The number of amides is 1. The van der Waals surface area contributed by atoms with Crippen molar-refractivity contribution in [3.63, 3.8) is 0 Å². The van der Waals surface area contributed by atoms with Gasteiger partial charge < -0.3 is 15.0 Å². The van der Waals surface area contributed by atoms with Crippen LogP contribution in [0.5, 0.6) is 0 Å². The second kappa shape index (κ2) is 8.31. The van der Waals surface area contributed by atoms with Gasteiger partial charge >= 0.3 is 0 Å². The number of carbonyl (C=O) groups excluding carboxylic acids is 1. The first-order valence-electron chi connectivity index (χ1n) is 8.26. The van der Waals surface area contributed by atoms with Crippen LogP contribution in [0.3, 0.4) is 0 Å². The number of anilines is 2. The van der Waals surface area contributed by atoms with E-state index in [4.69, 9.17) is 4.74 Å². The molecule has 1 N–H and O–H groups in total. The van der Waals surface area contributed by atoms with Crippen molar-refractivity contribution in [1.82, 2.24) is 9.97 Å². The molecule has 0 radical (unpaired) electrons. The van der Waals surface area contributed by atoms with Crippen molar-refractivity contribution in [2.45, 2.75) is 18.9 Å². The van der Waals surface area contributed by atoms with Crippen LogP contribution in [-0.4, -0.2) is 47.9 Å². The van der Waals surface area contributed by atoms with E-state index in [1.807, 2.05) is 32.0 Å². The zero-order chi connectivity index (χ0) is 17.6. The molecule has 0 bridgehead atoms. The van der Waals surface area contributed by atoms with E-state index in [0.717, 1.165) is 35.2 Å². The molecule has 2 heterocycles. The van der Waals surface area contributed by atoms with Crippen molar-refractivity contribution in [2.75, 3.05) is 42.3 Å². The quantitative estimate of drug-likeness (QED) is 0.655. The normalized spacial score (nSPS) is 14.4. The van der Waals surface area contributed by atoms with E-state index >= 15 is 0 Å². The molecule has 1 fully saturated rings. The van der Waals surface area contributed by atoms with Crippen LogP contribution in [0.2, 0.25) is 0 Å². The summed E-state index contributed by atoms with van der Waals surface area (Å²) in [5.41, 5.74) is 3.10. The molecule has 0 spiro atoms. The molecule has 2 aromatic rings. The highest BCUT2D eigenvalue weighted by molar-refractivity contribution is 7.99. The number of carbonyl (C=O) groups is 1. The van der Waals surface area contributed by atoms with Crippen LogP contribution in [0.4, 0.5) is 11.5 Å². The van der Waals surface area contributed by atoms with Gasteiger partial charge in [0.2, 0.25) is 5.91 Å². The second-order valence-corrected chi connectivity index (χ2v) is 6.96. The Morgan fingerprint density at radius 3 is 2.80 bits per heavy atom. The van der Waals surface area contributed by atoms with Crippen molar-refractivity contribution < 1.29 is 9.53 Å². The third-order valence-electron chi connectivity index (χ3n) is 3.97. The first-order chi connectivity index (χ1) is 12.1. The second-order valence-electron chi connectivity index (χ2n) is 5.97. The fourth-order valence-corrected chi connectivity index (χ4v) is 3.32. The summed E-state index contributed by atoms with van der Waals surface area (Å²) in [5, 5.41) is 3.75. The predicted molar refractivity (Wildman–Crippen MR) is 100 cm³/mol. The Labute approximate surface area is 152 Å². The molecular weight excluding hydrogens is 336 g/mol. The fourth-order valence-electron chi connectivity index (χ4n) is 2.65. The van der Waals surface area contributed by atoms with Crippen LogP contribution < -0.4 is 10.2 Å². The monoisotopic (exact) mass is 358 g/mol. The average Bonchev–Trinajstić information content (AvgIpc) is 2.63. The van der Waals surface area contributed by atoms with Crippen molar-refractivity contribution >= 4 is 29.2 Å². The molecule has 1 aliphatic rings. The lowest BCUT2D eigenvalue weighted by atomic mass is 10.1. The number of hydrogen-bond donors (Lipinski definition) is 1. The minimum absolute atomic E-state index is 0.0384. The van der Waals surface area contributed by atoms with E-state index in [0.29, 0.717) is 19.0 Å². The highest BCUT2D eigenvalue weighted by Gasteiger charge is 2.14. The molecule has 1 amide bonds.